The highest BCUT2D eigenvalue weighted by molar-refractivity contribution is 5.94. The maximum Gasteiger partial charge on any atom is 0.101 e. The summed E-state index contributed by atoms with van der Waals surface area (Å²) in [5.74, 6) is 0. The lowest BCUT2D eigenvalue weighted by Gasteiger charge is -2.36. The van der Waals surface area contributed by atoms with Crippen molar-refractivity contribution < 1.29 is 0 Å². The number of anilines is 2. The Hall–Kier alpha value is -3.51. The molecular weight excluding hydrogens is 372 g/mol. The molecule has 30 heavy (non-hydrogen) atoms. The average Bonchev–Trinajstić information content (AvgIpc) is 2.80. The lowest BCUT2D eigenvalue weighted by molar-refractivity contribution is 0.249. The Balaban J connectivity index is 1.32. The van der Waals surface area contributed by atoms with Gasteiger partial charge in [0.1, 0.15) is 5.69 Å². The highest BCUT2D eigenvalue weighted by Crippen LogP contribution is 2.32. The van der Waals surface area contributed by atoms with Crippen LogP contribution in [0.2, 0.25) is 0 Å². The van der Waals surface area contributed by atoms with E-state index in [1.165, 1.54) is 5.56 Å². The molecule has 5 rings (SSSR count). The van der Waals surface area contributed by atoms with Gasteiger partial charge in [-0.25, -0.2) is 0 Å². The summed E-state index contributed by atoms with van der Waals surface area (Å²) in [6.45, 7) is 4.86. The number of hydrogen-bond donors (Lipinski definition) is 1. The standard InChI is InChI=1S/C24H24N6/c25-22-14-19(24-21-6-2-1-5-20(21)16-27-28-24)7-8-23(22)30-12-10-29(11-13-30)17-18-4-3-9-26-15-18/h1-9,14-16H,10-13,17,25H2. The van der Waals surface area contributed by atoms with Crippen molar-refractivity contribution in [3.05, 3.63) is 78.8 Å². The number of nitrogens with two attached hydrogens (primary N) is 1. The predicted molar refractivity (Wildman–Crippen MR) is 121 cm³/mol. The molecule has 3 heterocycles. The largest absolute Gasteiger partial charge is 0.397 e. The molecule has 1 aliphatic heterocycles. The fraction of sp³-hybridized carbons (Fsp3) is 0.208. The van der Waals surface area contributed by atoms with Crippen LogP contribution in [0.3, 0.4) is 0 Å². The molecule has 0 aliphatic carbocycles. The molecule has 0 saturated carbocycles. The second-order valence-corrected chi connectivity index (χ2v) is 7.68. The highest BCUT2D eigenvalue weighted by atomic mass is 15.3. The Morgan fingerprint density at radius 2 is 1.77 bits per heavy atom. The summed E-state index contributed by atoms with van der Waals surface area (Å²) in [5.41, 5.74) is 11.5. The Labute approximate surface area is 176 Å². The minimum absolute atomic E-state index is 0.781. The van der Waals surface area contributed by atoms with Crippen LogP contribution >= 0.6 is 0 Å². The molecule has 150 valence electrons. The van der Waals surface area contributed by atoms with E-state index in [0.29, 0.717) is 0 Å². The summed E-state index contributed by atoms with van der Waals surface area (Å²) < 4.78 is 0. The first-order valence-corrected chi connectivity index (χ1v) is 10.2. The van der Waals surface area contributed by atoms with Gasteiger partial charge < -0.3 is 10.6 Å². The number of rotatable bonds is 4. The number of benzene rings is 2. The number of aromatic nitrogens is 3. The molecule has 1 fully saturated rings. The van der Waals surface area contributed by atoms with Gasteiger partial charge in [-0.1, -0.05) is 36.4 Å². The van der Waals surface area contributed by atoms with Crippen molar-refractivity contribution in [3.63, 3.8) is 0 Å². The summed E-state index contributed by atoms with van der Waals surface area (Å²) in [7, 11) is 0. The van der Waals surface area contributed by atoms with E-state index >= 15 is 0 Å². The van der Waals surface area contributed by atoms with Crippen LogP contribution in [0, 0.1) is 0 Å². The first-order chi connectivity index (χ1) is 14.8. The normalized spacial score (nSPS) is 14.9. The Morgan fingerprint density at radius 1 is 0.900 bits per heavy atom. The van der Waals surface area contributed by atoms with Crippen LogP contribution < -0.4 is 10.6 Å². The van der Waals surface area contributed by atoms with Crippen LogP contribution in [0.15, 0.2) is 73.2 Å². The van der Waals surface area contributed by atoms with E-state index in [2.05, 4.69) is 55.3 Å². The molecule has 0 amide bonds. The molecule has 0 bridgehead atoms. The monoisotopic (exact) mass is 396 g/mol. The number of piperazine rings is 1. The second-order valence-electron chi connectivity index (χ2n) is 7.68. The number of fused-ring (bicyclic) bond motifs is 1. The molecule has 6 nitrogen and oxygen atoms in total. The fourth-order valence-electron chi connectivity index (χ4n) is 4.13. The topological polar surface area (TPSA) is 71.2 Å². The zero-order valence-electron chi connectivity index (χ0n) is 16.8. The highest BCUT2D eigenvalue weighted by Gasteiger charge is 2.19. The quantitative estimate of drug-likeness (QED) is 0.532. The molecule has 2 N–H and O–H groups in total. The fourth-order valence-corrected chi connectivity index (χ4v) is 4.13. The van der Waals surface area contributed by atoms with Crippen molar-refractivity contribution in [1.82, 2.24) is 20.1 Å². The van der Waals surface area contributed by atoms with E-state index in [0.717, 1.165) is 66.1 Å². The minimum Gasteiger partial charge on any atom is -0.397 e. The lowest BCUT2D eigenvalue weighted by Crippen LogP contribution is -2.46. The zero-order valence-corrected chi connectivity index (χ0v) is 16.8. The van der Waals surface area contributed by atoms with E-state index in [9.17, 15) is 0 Å². The Bertz CT molecular complexity index is 1150. The van der Waals surface area contributed by atoms with Crippen molar-refractivity contribution >= 4 is 22.1 Å². The third-order valence-corrected chi connectivity index (χ3v) is 5.71. The molecule has 0 unspecified atom stereocenters. The SMILES string of the molecule is Nc1cc(-c2nncc3ccccc23)ccc1N1CCN(Cc2cccnc2)CC1. The predicted octanol–water partition coefficient (Wildman–Crippen LogP) is 3.60. The van der Waals surface area contributed by atoms with Crippen molar-refractivity contribution in [3.8, 4) is 11.3 Å². The van der Waals surface area contributed by atoms with Gasteiger partial charge in [-0.3, -0.25) is 9.88 Å². The minimum atomic E-state index is 0.781. The summed E-state index contributed by atoms with van der Waals surface area (Å²) in [4.78, 5) is 9.04. The van der Waals surface area contributed by atoms with Gasteiger partial charge in [0.05, 0.1) is 17.6 Å². The summed E-state index contributed by atoms with van der Waals surface area (Å²) >= 11 is 0. The van der Waals surface area contributed by atoms with Gasteiger partial charge in [0, 0.05) is 61.5 Å². The van der Waals surface area contributed by atoms with Gasteiger partial charge in [0.25, 0.3) is 0 Å². The molecule has 0 atom stereocenters. The number of nitrogens with zero attached hydrogens (tertiary/aromatic N) is 5. The van der Waals surface area contributed by atoms with Crippen LogP contribution in [0.4, 0.5) is 11.4 Å². The van der Waals surface area contributed by atoms with Crippen molar-refractivity contribution in [2.45, 2.75) is 6.54 Å². The third kappa shape index (κ3) is 3.69. The van der Waals surface area contributed by atoms with Gasteiger partial charge in [-0.05, 0) is 23.8 Å². The van der Waals surface area contributed by atoms with Gasteiger partial charge in [-0.15, -0.1) is 5.10 Å². The number of hydrogen-bond acceptors (Lipinski definition) is 6. The summed E-state index contributed by atoms with van der Waals surface area (Å²) in [5, 5.41) is 10.7. The molecule has 2 aromatic carbocycles. The average molecular weight is 396 g/mol. The van der Waals surface area contributed by atoms with E-state index in [-0.39, 0.29) is 0 Å². The van der Waals surface area contributed by atoms with E-state index in [1.807, 2.05) is 36.7 Å². The number of nitrogen functional groups attached to an aromatic ring is 1. The van der Waals surface area contributed by atoms with E-state index in [4.69, 9.17) is 5.73 Å². The first-order valence-electron chi connectivity index (χ1n) is 10.2. The van der Waals surface area contributed by atoms with Gasteiger partial charge in [-0.2, -0.15) is 5.10 Å². The Kier molecular flexibility index (Phi) is 4.99. The maximum atomic E-state index is 6.48. The molecule has 0 spiro atoms. The molecule has 1 aliphatic rings. The van der Waals surface area contributed by atoms with Crippen LogP contribution in [0.5, 0.6) is 0 Å². The summed E-state index contributed by atoms with van der Waals surface area (Å²) in [6.07, 6.45) is 5.55. The van der Waals surface area contributed by atoms with Gasteiger partial charge >= 0.3 is 0 Å². The van der Waals surface area contributed by atoms with Crippen LogP contribution in [-0.4, -0.2) is 46.3 Å². The Morgan fingerprint density at radius 3 is 2.57 bits per heavy atom. The second kappa shape index (κ2) is 8.08. The molecule has 2 aromatic heterocycles. The van der Waals surface area contributed by atoms with Crippen LogP contribution in [-0.2, 0) is 6.54 Å². The first kappa shape index (κ1) is 18.5. The molecule has 0 radical (unpaired) electrons. The van der Waals surface area contributed by atoms with Crippen molar-refractivity contribution in [1.29, 1.82) is 0 Å². The number of pyridine rings is 1. The van der Waals surface area contributed by atoms with Crippen molar-refractivity contribution in [2.75, 3.05) is 36.8 Å². The molecule has 1 saturated heterocycles. The van der Waals surface area contributed by atoms with Crippen LogP contribution in [0.1, 0.15) is 5.56 Å². The molecular formula is C24H24N6. The smallest absolute Gasteiger partial charge is 0.101 e. The van der Waals surface area contributed by atoms with Gasteiger partial charge in [0.2, 0.25) is 0 Å². The molecule has 4 aromatic rings. The summed E-state index contributed by atoms with van der Waals surface area (Å²) in [6, 6.07) is 18.5. The molecule has 6 heteroatoms. The maximum absolute atomic E-state index is 6.48. The van der Waals surface area contributed by atoms with Crippen LogP contribution in [0.25, 0.3) is 22.0 Å². The van der Waals surface area contributed by atoms with E-state index in [1.54, 1.807) is 6.20 Å². The lowest BCUT2D eigenvalue weighted by atomic mass is 10.0. The van der Waals surface area contributed by atoms with Gasteiger partial charge in [0.15, 0.2) is 0 Å². The van der Waals surface area contributed by atoms with Crippen molar-refractivity contribution in [2.24, 2.45) is 0 Å². The third-order valence-electron chi connectivity index (χ3n) is 5.71. The van der Waals surface area contributed by atoms with E-state index < -0.39 is 0 Å². The zero-order chi connectivity index (χ0) is 20.3.